The highest BCUT2D eigenvalue weighted by molar-refractivity contribution is 7.87. The molecule has 1 rings (SSSR count). The SMILES string of the molecule is CCN1CCN(C(C)C(=O)O)S1(=O)=O. The Balaban J connectivity index is 2.90. The molecule has 1 fully saturated rings. The van der Waals surface area contributed by atoms with Gasteiger partial charge < -0.3 is 5.11 Å². The third-order valence-corrected chi connectivity index (χ3v) is 4.52. The van der Waals surface area contributed by atoms with Crippen LogP contribution in [0.4, 0.5) is 0 Å². The highest BCUT2D eigenvalue weighted by Crippen LogP contribution is 2.18. The number of aliphatic carboxylic acids is 1. The lowest BCUT2D eigenvalue weighted by molar-refractivity contribution is -0.140. The first kappa shape index (κ1) is 11.4. The molecule has 1 saturated heterocycles. The number of carboxylic acids is 1. The molecule has 7 heteroatoms. The molecule has 82 valence electrons. The van der Waals surface area contributed by atoms with E-state index in [0.717, 1.165) is 4.31 Å². The van der Waals surface area contributed by atoms with Crippen molar-refractivity contribution in [3.8, 4) is 0 Å². The molecule has 0 amide bonds. The largest absolute Gasteiger partial charge is 0.480 e. The van der Waals surface area contributed by atoms with Crippen molar-refractivity contribution in [3.05, 3.63) is 0 Å². The van der Waals surface area contributed by atoms with Gasteiger partial charge in [-0.05, 0) is 6.92 Å². The van der Waals surface area contributed by atoms with Crippen LogP contribution >= 0.6 is 0 Å². The van der Waals surface area contributed by atoms with Gasteiger partial charge in [-0.1, -0.05) is 6.92 Å². The molecular weight excluding hydrogens is 208 g/mol. The van der Waals surface area contributed by atoms with E-state index in [2.05, 4.69) is 0 Å². The molecule has 1 atom stereocenters. The van der Waals surface area contributed by atoms with E-state index >= 15 is 0 Å². The molecule has 0 aliphatic carbocycles. The molecule has 0 aromatic rings. The second-order valence-corrected chi connectivity index (χ2v) is 5.01. The van der Waals surface area contributed by atoms with E-state index < -0.39 is 22.2 Å². The summed E-state index contributed by atoms with van der Waals surface area (Å²) in [6.07, 6.45) is 0. The number of nitrogens with zero attached hydrogens (tertiary/aromatic N) is 2. The Morgan fingerprint density at radius 2 is 2.07 bits per heavy atom. The molecule has 0 saturated carbocycles. The minimum atomic E-state index is -3.54. The van der Waals surface area contributed by atoms with Gasteiger partial charge in [-0.3, -0.25) is 4.79 Å². The van der Waals surface area contributed by atoms with Gasteiger partial charge in [0.15, 0.2) is 0 Å². The fourth-order valence-electron chi connectivity index (χ4n) is 1.43. The van der Waals surface area contributed by atoms with Gasteiger partial charge in [-0.25, -0.2) is 0 Å². The van der Waals surface area contributed by atoms with E-state index in [4.69, 9.17) is 5.11 Å². The van der Waals surface area contributed by atoms with E-state index in [-0.39, 0.29) is 6.54 Å². The molecule has 14 heavy (non-hydrogen) atoms. The zero-order chi connectivity index (χ0) is 10.9. The highest BCUT2D eigenvalue weighted by Gasteiger charge is 2.40. The van der Waals surface area contributed by atoms with Crippen molar-refractivity contribution in [2.75, 3.05) is 19.6 Å². The molecule has 0 bridgehead atoms. The molecule has 0 spiro atoms. The third kappa shape index (κ3) is 1.75. The summed E-state index contributed by atoms with van der Waals surface area (Å²) in [5, 5.41) is 8.71. The molecule has 1 heterocycles. The fraction of sp³-hybridized carbons (Fsp3) is 0.857. The monoisotopic (exact) mass is 222 g/mol. The van der Waals surface area contributed by atoms with Crippen LogP contribution in [0.3, 0.4) is 0 Å². The summed E-state index contributed by atoms with van der Waals surface area (Å²) >= 11 is 0. The molecule has 0 radical (unpaired) electrons. The average molecular weight is 222 g/mol. The minimum absolute atomic E-state index is 0.254. The van der Waals surface area contributed by atoms with Crippen LogP contribution in [0.25, 0.3) is 0 Å². The standard InChI is InChI=1S/C7H14N2O4S/c1-3-8-4-5-9(14(8,12)13)6(2)7(10)11/h6H,3-5H2,1-2H3,(H,10,11). The van der Waals surface area contributed by atoms with Crippen LogP contribution in [0.2, 0.25) is 0 Å². The first-order valence-electron chi connectivity index (χ1n) is 4.41. The number of likely N-dealkylation sites (N-methyl/N-ethyl adjacent to an activating group) is 1. The maximum absolute atomic E-state index is 11.7. The topological polar surface area (TPSA) is 77.9 Å². The van der Waals surface area contributed by atoms with E-state index in [1.807, 2.05) is 0 Å². The maximum atomic E-state index is 11.7. The molecule has 1 aliphatic rings. The second-order valence-electron chi connectivity index (χ2n) is 3.12. The molecule has 1 unspecified atom stereocenters. The summed E-state index contributed by atoms with van der Waals surface area (Å²) in [5.74, 6) is -1.12. The Morgan fingerprint density at radius 3 is 2.43 bits per heavy atom. The smallest absolute Gasteiger partial charge is 0.321 e. The Labute approximate surface area is 83.3 Å². The van der Waals surface area contributed by atoms with Crippen molar-refractivity contribution in [2.45, 2.75) is 19.9 Å². The Kier molecular flexibility index (Phi) is 3.13. The molecule has 0 aromatic heterocycles. The summed E-state index contributed by atoms with van der Waals surface area (Å²) in [4.78, 5) is 10.6. The Bertz CT molecular complexity index is 327. The lowest BCUT2D eigenvalue weighted by Crippen LogP contribution is -2.42. The number of rotatable bonds is 3. The maximum Gasteiger partial charge on any atom is 0.321 e. The first-order chi connectivity index (χ1) is 6.41. The summed E-state index contributed by atoms with van der Waals surface area (Å²) in [6, 6.07) is -0.989. The quantitative estimate of drug-likeness (QED) is 0.687. The van der Waals surface area contributed by atoms with Crippen LogP contribution in [0.5, 0.6) is 0 Å². The number of hydrogen-bond acceptors (Lipinski definition) is 3. The van der Waals surface area contributed by atoms with Crippen LogP contribution in [0.15, 0.2) is 0 Å². The van der Waals surface area contributed by atoms with Crippen molar-refractivity contribution in [2.24, 2.45) is 0 Å². The van der Waals surface area contributed by atoms with Crippen LogP contribution in [0.1, 0.15) is 13.8 Å². The number of carbonyl (C=O) groups is 1. The van der Waals surface area contributed by atoms with Gasteiger partial charge in [0.1, 0.15) is 6.04 Å². The molecule has 6 nitrogen and oxygen atoms in total. The number of hydrogen-bond donors (Lipinski definition) is 1. The fourth-order valence-corrected chi connectivity index (χ4v) is 3.16. The third-order valence-electron chi connectivity index (χ3n) is 2.33. The molecule has 0 aromatic carbocycles. The Morgan fingerprint density at radius 1 is 1.50 bits per heavy atom. The van der Waals surface area contributed by atoms with Crippen molar-refractivity contribution in [1.29, 1.82) is 0 Å². The Hall–Kier alpha value is -0.660. The van der Waals surface area contributed by atoms with Crippen molar-refractivity contribution in [1.82, 2.24) is 8.61 Å². The van der Waals surface area contributed by atoms with Gasteiger partial charge in [0.25, 0.3) is 10.2 Å². The highest BCUT2D eigenvalue weighted by atomic mass is 32.2. The molecular formula is C7H14N2O4S. The van der Waals surface area contributed by atoms with Gasteiger partial charge >= 0.3 is 5.97 Å². The van der Waals surface area contributed by atoms with E-state index in [0.29, 0.717) is 13.1 Å². The minimum Gasteiger partial charge on any atom is -0.480 e. The van der Waals surface area contributed by atoms with Crippen LogP contribution in [-0.2, 0) is 15.0 Å². The zero-order valence-electron chi connectivity index (χ0n) is 8.17. The van der Waals surface area contributed by atoms with Gasteiger partial charge in [0.05, 0.1) is 0 Å². The predicted octanol–water partition coefficient (Wildman–Crippen LogP) is -0.658. The van der Waals surface area contributed by atoms with Gasteiger partial charge in [-0.2, -0.15) is 17.0 Å². The normalized spacial score (nSPS) is 25.0. The van der Waals surface area contributed by atoms with E-state index in [9.17, 15) is 13.2 Å². The van der Waals surface area contributed by atoms with Gasteiger partial charge in [-0.15, -0.1) is 0 Å². The number of carboxylic acid groups (broad SMARTS) is 1. The molecule has 1 aliphatic heterocycles. The summed E-state index contributed by atoms with van der Waals surface area (Å²) < 4.78 is 25.6. The second kappa shape index (κ2) is 3.84. The molecule has 1 N–H and O–H groups in total. The van der Waals surface area contributed by atoms with Crippen molar-refractivity contribution < 1.29 is 18.3 Å². The first-order valence-corrected chi connectivity index (χ1v) is 5.80. The summed E-state index contributed by atoms with van der Waals surface area (Å²) in [6.45, 7) is 4.11. The van der Waals surface area contributed by atoms with Crippen LogP contribution in [0, 0.1) is 0 Å². The lowest BCUT2D eigenvalue weighted by atomic mass is 10.3. The van der Waals surface area contributed by atoms with Crippen molar-refractivity contribution in [3.63, 3.8) is 0 Å². The van der Waals surface area contributed by atoms with E-state index in [1.165, 1.54) is 11.2 Å². The summed E-state index contributed by atoms with van der Waals surface area (Å²) in [7, 11) is -3.54. The van der Waals surface area contributed by atoms with E-state index in [1.54, 1.807) is 6.92 Å². The lowest BCUT2D eigenvalue weighted by Gasteiger charge is -2.20. The van der Waals surface area contributed by atoms with Crippen molar-refractivity contribution >= 4 is 16.2 Å². The average Bonchev–Trinajstić information content (AvgIpc) is 2.38. The predicted molar refractivity (Wildman–Crippen MR) is 50.0 cm³/mol. The zero-order valence-corrected chi connectivity index (χ0v) is 8.99. The van der Waals surface area contributed by atoms with Gasteiger partial charge in [0, 0.05) is 19.6 Å². The van der Waals surface area contributed by atoms with Gasteiger partial charge in [0.2, 0.25) is 0 Å². The summed E-state index contributed by atoms with van der Waals surface area (Å²) in [5.41, 5.74) is 0. The van der Waals surface area contributed by atoms with Crippen LogP contribution < -0.4 is 0 Å². The van der Waals surface area contributed by atoms with Crippen LogP contribution in [-0.4, -0.2) is 53.8 Å².